The molecule has 2 nitrogen and oxygen atoms in total. The molecule has 0 bridgehead atoms. The fourth-order valence-electron chi connectivity index (χ4n) is 2.78. The molecule has 0 spiro atoms. The second kappa shape index (κ2) is 5.45. The van der Waals surface area contributed by atoms with Crippen LogP contribution in [0.4, 0.5) is 5.69 Å². The molecule has 0 amide bonds. The molecule has 0 N–H and O–H groups in total. The first kappa shape index (κ1) is 12.2. The normalized spacial score (nSPS) is 15.7. The molecule has 0 atom stereocenters. The van der Waals surface area contributed by atoms with Crippen molar-refractivity contribution in [3.05, 3.63) is 54.6 Å². The molecular formula is C17H19NO. The van der Waals surface area contributed by atoms with Crippen LogP contribution in [-0.4, -0.2) is 26.3 Å². The number of hydrogen-bond donors (Lipinski definition) is 0. The minimum atomic E-state index is 0.820. The van der Waals surface area contributed by atoms with Crippen LogP contribution in [0.25, 0.3) is 10.8 Å². The standard InChI is InChI=1S/C17H19NO/c1-2-5-16-15-7-4-3-6-14(15)8-9-17(16)18-10-12-19-13-11-18/h2-4,6-9H,1,5,10-13H2. The van der Waals surface area contributed by atoms with Crippen LogP contribution in [-0.2, 0) is 11.2 Å². The number of benzene rings is 2. The Bertz CT molecular complexity index is 585. The van der Waals surface area contributed by atoms with E-state index in [4.69, 9.17) is 4.74 Å². The lowest BCUT2D eigenvalue weighted by Gasteiger charge is -2.31. The van der Waals surface area contributed by atoms with Crippen LogP contribution in [0, 0.1) is 0 Å². The summed E-state index contributed by atoms with van der Waals surface area (Å²) in [7, 11) is 0. The number of hydrogen-bond acceptors (Lipinski definition) is 2. The number of allylic oxidation sites excluding steroid dienone is 1. The third-order valence-electron chi connectivity index (χ3n) is 3.72. The molecule has 1 heterocycles. The van der Waals surface area contributed by atoms with Gasteiger partial charge in [-0.3, -0.25) is 0 Å². The van der Waals surface area contributed by atoms with Crippen LogP contribution in [0.5, 0.6) is 0 Å². The number of nitrogens with zero attached hydrogens (tertiary/aromatic N) is 1. The Morgan fingerprint density at radius 2 is 1.89 bits per heavy atom. The van der Waals surface area contributed by atoms with Gasteiger partial charge in [0.1, 0.15) is 0 Å². The maximum atomic E-state index is 5.45. The van der Waals surface area contributed by atoms with Crippen LogP contribution >= 0.6 is 0 Å². The maximum absolute atomic E-state index is 5.45. The predicted octanol–water partition coefficient (Wildman–Crippen LogP) is 3.40. The van der Waals surface area contributed by atoms with Crippen molar-refractivity contribution in [3.8, 4) is 0 Å². The SMILES string of the molecule is C=CCc1c(N2CCOCC2)ccc2ccccc12. The lowest BCUT2D eigenvalue weighted by Crippen LogP contribution is -2.36. The number of ether oxygens (including phenoxy) is 1. The molecule has 1 fully saturated rings. The van der Waals surface area contributed by atoms with Gasteiger partial charge < -0.3 is 9.64 Å². The zero-order chi connectivity index (χ0) is 13.1. The van der Waals surface area contributed by atoms with Crippen molar-refractivity contribution in [1.29, 1.82) is 0 Å². The van der Waals surface area contributed by atoms with Crippen molar-refractivity contribution in [2.45, 2.75) is 6.42 Å². The van der Waals surface area contributed by atoms with E-state index in [1.165, 1.54) is 22.0 Å². The first-order valence-corrected chi connectivity index (χ1v) is 6.84. The van der Waals surface area contributed by atoms with Gasteiger partial charge in [-0.05, 0) is 28.8 Å². The summed E-state index contributed by atoms with van der Waals surface area (Å²) in [6.07, 6.45) is 2.90. The Morgan fingerprint density at radius 1 is 1.11 bits per heavy atom. The van der Waals surface area contributed by atoms with Gasteiger partial charge >= 0.3 is 0 Å². The van der Waals surface area contributed by atoms with Crippen molar-refractivity contribution in [1.82, 2.24) is 0 Å². The van der Waals surface area contributed by atoms with Crippen molar-refractivity contribution < 1.29 is 4.74 Å². The van der Waals surface area contributed by atoms with E-state index in [0.717, 1.165) is 32.7 Å². The summed E-state index contributed by atoms with van der Waals surface area (Å²) in [6.45, 7) is 7.49. The average molecular weight is 253 g/mol. The summed E-state index contributed by atoms with van der Waals surface area (Å²) in [5.41, 5.74) is 2.72. The van der Waals surface area contributed by atoms with E-state index in [-0.39, 0.29) is 0 Å². The van der Waals surface area contributed by atoms with Crippen molar-refractivity contribution >= 4 is 16.5 Å². The van der Waals surface area contributed by atoms with Gasteiger partial charge in [-0.1, -0.05) is 36.4 Å². The molecule has 1 aliphatic rings. The highest BCUT2D eigenvalue weighted by atomic mass is 16.5. The number of anilines is 1. The Morgan fingerprint density at radius 3 is 2.68 bits per heavy atom. The zero-order valence-corrected chi connectivity index (χ0v) is 11.1. The summed E-state index contributed by atoms with van der Waals surface area (Å²) in [4.78, 5) is 2.43. The first-order valence-electron chi connectivity index (χ1n) is 6.84. The van der Waals surface area contributed by atoms with Crippen LogP contribution < -0.4 is 4.90 Å². The molecule has 98 valence electrons. The summed E-state index contributed by atoms with van der Waals surface area (Å²) >= 11 is 0. The van der Waals surface area contributed by atoms with E-state index < -0.39 is 0 Å². The van der Waals surface area contributed by atoms with E-state index in [2.05, 4.69) is 47.9 Å². The lowest BCUT2D eigenvalue weighted by molar-refractivity contribution is 0.122. The van der Waals surface area contributed by atoms with Crippen molar-refractivity contribution in [2.75, 3.05) is 31.2 Å². The monoisotopic (exact) mass is 253 g/mol. The largest absolute Gasteiger partial charge is 0.378 e. The van der Waals surface area contributed by atoms with Gasteiger partial charge in [0, 0.05) is 18.8 Å². The molecule has 1 saturated heterocycles. The highest BCUT2D eigenvalue weighted by Gasteiger charge is 2.15. The fourth-order valence-corrected chi connectivity index (χ4v) is 2.78. The maximum Gasteiger partial charge on any atom is 0.0642 e. The van der Waals surface area contributed by atoms with Gasteiger partial charge in [-0.2, -0.15) is 0 Å². The quantitative estimate of drug-likeness (QED) is 0.777. The Balaban J connectivity index is 2.11. The average Bonchev–Trinajstić information content (AvgIpc) is 2.49. The van der Waals surface area contributed by atoms with Crippen LogP contribution in [0.2, 0.25) is 0 Å². The molecular weight excluding hydrogens is 234 g/mol. The van der Waals surface area contributed by atoms with Gasteiger partial charge in [-0.15, -0.1) is 6.58 Å². The third kappa shape index (κ3) is 2.36. The molecule has 2 aromatic carbocycles. The number of rotatable bonds is 3. The minimum absolute atomic E-state index is 0.820. The van der Waals surface area contributed by atoms with Crippen LogP contribution in [0.3, 0.4) is 0 Å². The van der Waals surface area contributed by atoms with Crippen LogP contribution in [0.1, 0.15) is 5.56 Å². The second-order valence-electron chi connectivity index (χ2n) is 4.88. The second-order valence-corrected chi connectivity index (χ2v) is 4.88. The molecule has 0 radical (unpaired) electrons. The minimum Gasteiger partial charge on any atom is -0.378 e. The van der Waals surface area contributed by atoms with E-state index >= 15 is 0 Å². The Hall–Kier alpha value is -1.80. The van der Waals surface area contributed by atoms with Gasteiger partial charge in [0.15, 0.2) is 0 Å². The summed E-state index contributed by atoms with van der Waals surface area (Å²) in [6, 6.07) is 13.0. The van der Waals surface area contributed by atoms with E-state index in [1.54, 1.807) is 0 Å². The van der Waals surface area contributed by atoms with Gasteiger partial charge in [-0.25, -0.2) is 0 Å². The van der Waals surface area contributed by atoms with E-state index in [0.29, 0.717) is 0 Å². The molecule has 3 rings (SSSR count). The highest BCUT2D eigenvalue weighted by Crippen LogP contribution is 2.30. The molecule has 0 unspecified atom stereocenters. The molecule has 0 saturated carbocycles. The van der Waals surface area contributed by atoms with Crippen molar-refractivity contribution in [3.63, 3.8) is 0 Å². The van der Waals surface area contributed by atoms with Gasteiger partial charge in [0.25, 0.3) is 0 Å². The van der Waals surface area contributed by atoms with Crippen molar-refractivity contribution in [2.24, 2.45) is 0 Å². The van der Waals surface area contributed by atoms with Gasteiger partial charge in [0.05, 0.1) is 13.2 Å². The van der Waals surface area contributed by atoms with E-state index in [1.807, 2.05) is 6.08 Å². The topological polar surface area (TPSA) is 12.5 Å². The Labute approximate surface area is 114 Å². The third-order valence-corrected chi connectivity index (χ3v) is 3.72. The smallest absolute Gasteiger partial charge is 0.0642 e. The molecule has 0 aliphatic carbocycles. The highest BCUT2D eigenvalue weighted by molar-refractivity contribution is 5.90. The summed E-state index contributed by atoms with van der Waals surface area (Å²) in [5, 5.41) is 2.64. The molecule has 2 aromatic rings. The summed E-state index contributed by atoms with van der Waals surface area (Å²) < 4.78 is 5.45. The summed E-state index contributed by atoms with van der Waals surface area (Å²) in [5.74, 6) is 0. The molecule has 19 heavy (non-hydrogen) atoms. The number of morpholine rings is 1. The lowest BCUT2D eigenvalue weighted by atomic mass is 9.99. The zero-order valence-electron chi connectivity index (χ0n) is 11.1. The van der Waals surface area contributed by atoms with Gasteiger partial charge in [0.2, 0.25) is 0 Å². The number of fused-ring (bicyclic) bond motifs is 1. The molecule has 0 aromatic heterocycles. The van der Waals surface area contributed by atoms with E-state index in [9.17, 15) is 0 Å². The Kier molecular flexibility index (Phi) is 3.51. The van der Waals surface area contributed by atoms with Crippen LogP contribution in [0.15, 0.2) is 49.1 Å². The molecule has 1 aliphatic heterocycles. The molecule has 2 heteroatoms. The fraction of sp³-hybridized carbons (Fsp3) is 0.294. The first-order chi connectivity index (χ1) is 9.40. The predicted molar refractivity (Wildman–Crippen MR) is 80.9 cm³/mol.